The lowest BCUT2D eigenvalue weighted by Gasteiger charge is -2.44. The van der Waals surface area contributed by atoms with Gasteiger partial charge in [0.1, 0.15) is 6.07 Å². The number of nitrogens with one attached hydrogen (secondary N) is 1. The average molecular weight is 215 g/mol. The topological polar surface area (TPSA) is 48.2 Å². The molecule has 2 aliphatic heterocycles. The van der Waals surface area contributed by atoms with E-state index in [0.29, 0.717) is 11.8 Å². The van der Waals surface area contributed by atoms with Crippen molar-refractivity contribution in [1.29, 1.82) is 5.26 Å². The van der Waals surface area contributed by atoms with Crippen molar-refractivity contribution in [1.82, 2.24) is 5.32 Å². The largest absolute Gasteiger partial charge is 0.358 e. The van der Waals surface area contributed by atoms with Crippen molar-refractivity contribution >= 4 is 5.84 Å². The van der Waals surface area contributed by atoms with Gasteiger partial charge in [0.05, 0.1) is 6.04 Å². The Morgan fingerprint density at radius 2 is 2.31 bits per heavy atom. The Bertz CT molecular complexity index is 390. The highest BCUT2D eigenvalue weighted by molar-refractivity contribution is 5.97. The minimum absolute atomic E-state index is 0.0870. The molecule has 0 aromatic carbocycles. The Kier molecular flexibility index (Phi) is 2.59. The molecule has 3 heteroatoms. The van der Waals surface area contributed by atoms with Gasteiger partial charge in [-0.1, -0.05) is 19.1 Å². The van der Waals surface area contributed by atoms with Gasteiger partial charge in [0.15, 0.2) is 0 Å². The monoisotopic (exact) mass is 215 g/mol. The van der Waals surface area contributed by atoms with Gasteiger partial charge in [-0.3, -0.25) is 4.99 Å². The number of aliphatic imine (C=N–C) groups is 1. The molecule has 0 aromatic heterocycles. The van der Waals surface area contributed by atoms with Crippen molar-refractivity contribution in [3.63, 3.8) is 0 Å². The average Bonchev–Trinajstić information content (AvgIpc) is 2.58. The van der Waals surface area contributed by atoms with Crippen LogP contribution in [-0.2, 0) is 0 Å². The minimum Gasteiger partial charge on any atom is -0.358 e. The van der Waals surface area contributed by atoms with E-state index in [1.165, 1.54) is 0 Å². The van der Waals surface area contributed by atoms with Gasteiger partial charge in [-0.25, -0.2) is 0 Å². The van der Waals surface area contributed by atoms with E-state index in [-0.39, 0.29) is 17.5 Å². The van der Waals surface area contributed by atoms with E-state index in [9.17, 15) is 0 Å². The van der Waals surface area contributed by atoms with Crippen LogP contribution in [-0.4, -0.2) is 17.9 Å². The van der Waals surface area contributed by atoms with Gasteiger partial charge < -0.3 is 5.32 Å². The molecule has 3 nitrogen and oxygen atoms in total. The second-order valence-electron chi connectivity index (χ2n) is 4.77. The zero-order valence-corrected chi connectivity index (χ0v) is 9.61. The van der Waals surface area contributed by atoms with Gasteiger partial charge in [-0.05, 0) is 12.8 Å². The second-order valence-corrected chi connectivity index (χ2v) is 4.77. The molecule has 0 aromatic rings. The number of hydrogen-bond donors (Lipinski definition) is 1. The van der Waals surface area contributed by atoms with Crippen molar-refractivity contribution < 1.29 is 0 Å². The van der Waals surface area contributed by atoms with Gasteiger partial charge in [0.2, 0.25) is 5.84 Å². The van der Waals surface area contributed by atoms with E-state index < -0.39 is 0 Å². The first kappa shape index (κ1) is 10.9. The van der Waals surface area contributed by atoms with Crippen LogP contribution in [0.15, 0.2) is 30.3 Å². The van der Waals surface area contributed by atoms with E-state index in [4.69, 9.17) is 5.26 Å². The van der Waals surface area contributed by atoms with E-state index in [2.05, 4.69) is 36.5 Å². The molecule has 2 heterocycles. The lowest BCUT2D eigenvalue weighted by molar-refractivity contribution is 0.157. The lowest BCUT2D eigenvalue weighted by atomic mass is 9.63. The third kappa shape index (κ3) is 1.37. The molecule has 1 saturated carbocycles. The Morgan fingerprint density at radius 3 is 2.88 bits per heavy atom. The summed E-state index contributed by atoms with van der Waals surface area (Å²) in [6.07, 6.45) is 6.00. The Balaban J connectivity index is 2.47. The van der Waals surface area contributed by atoms with Crippen molar-refractivity contribution in [3.8, 4) is 6.07 Å². The molecule has 84 valence electrons. The molecular weight excluding hydrogens is 198 g/mol. The van der Waals surface area contributed by atoms with Crippen LogP contribution < -0.4 is 5.32 Å². The SMILES string of the molecule is C=C[C@@H]1[C@H]2CC[C@H](N=C(C#N)N2)[C@]1(C)C=C. The molecule has 0 amide bonds. The Morgan fingerprint density at radius 1 is 1.56 bits per heavy atom. The van der Waals surface area contributed by atoms with Crippen molar-refractivity contribution in [2.45, 2.75) is 31.8 Å². The van der Waals surface area contributed by atoms with Gasteiger partial charge in [-0.15, -0.1) is 13.2 Å². The van der Waals surface area contributed by atoms with E-state index >= 15 is 0 Å². The molecule has 1 aliphatic carbocycles. The summed E-state index contributed by atoms with van der Waals surface area (Å²) in [4.78, 5) is 4.50. The van der Waals surface area contributed by atoms with Crippen LogP contribution in [0.4, 0.5) is 0 Å². The summed E-state index contributed by atoms with van der Waals surface area (Å²) >= 11 is 0. The van der Waals surface area contributed by atoms with E-state index in [0.717, 1.165) is 12.8 Å². The first-order valence-electron chi connectivity index (χ1n) is 5.66. The number of fused-ring (bicyclic) bond motifs is 3. The normalized spacial score (nSPS) is 41.2. The maximum Gasteiger partial charge on any atom is 0.201 e. The van der Waals surface area contributed by atoms with Crippen LogP contribution in [0.3, 0.4) is 0 Å². The quantitative estimate of drug-likeness (QED) is 0.716. The summed E-state index contributed by atoms with van der Waals surface area (Å²) in [5.74, 6) is 0.753. The van der Waals surface area contributed by atoms with Crippen LogP contribution >= 0.6 is 0 Å². The van der Waals surface area contributed by atoms with Gasteiger partial charge >= 0.3 is 0 Å². The summed E-state index contributed by atoms with van der Waals surface area (Å²) in [5.41, 5.74) is -0.0870. The molecule has 3 rings (SSSR count). The van der Waals surface area contributed by atoms with E-state index in [1.54, 1.807) is 0 Å². The van der Waals surface area contributed by atoms with Crippen molar-refractivity contribution in [2.24, 2.45) is 16.3 Å². The van der Waals surface area contributed by atoms with Crippen molar-refractivity contribution in [3.05, 3.63) is 25.3 Å². The maximum atomic E-state index is 8.99. The summed E-state index contributed by atoms with van der Waals surface area (Å²) in [6.45, 7) is 10.0. The fourth-order valence-corrected chi connectivity index (χ4v) is 2.97. The summed E-state index contributed by atoms with van der Waals surface area (Å²) in [6, 6.07) is 2.53. The third-order valence-electron chi connectivity index (χ3n) is 4.03. The Labute approximate surface area is 96.6 Å². The molecule has 4 atom stereocenters. The Hall–Kier alpha value is -1.56. The predicted molar refractivity (Wildman–Crippen MR) is 65.0 cm³/mol. The van der Waals surface area contributed by atoms with Crippen LogP contribution in [0.2, 0.25) is 0 Å². The molecule has 1 N–H and O–H groups in total. The lowest BCUT2D eigenvalue weighted by Crippen LogP contribution is -2.49. The van der Waals surface area contributed by atoms with Crippen LogP contribution in [0, 0.1) is 22.7 Å². The molecule has 3 aliphatic rings. The number of nitrogens with zero attached hydrogens (tertiary/aromatic N) is 2. The summed E-state index contributed by atoms with van der Waals surface area (Å²) < 4.78 is 0. The molecule has 1 fully saturated rings. The molecule has 16 heavy (non-hydrogen) atoms. The predicted octanol–water partition coefficient (Wildman–Crippen LogP) is 2.04. The zero-order valence-electron chi connectivity index (χ0n) is 9.61. The second kappa shape index (κ2) is 3.79. The first-order valence-corrected chi connectivity index (χ1v) is 5.66. The van der Waals surface area contributed by atoms with Crippen LogP contribution in [0.1, 0.15) is 19.8 Å². The maximum absolute atomic E-state index is 8.99. The molecule has 0 unspecified atom stereocenters. The highest BCUT2D eigenvalue weighted by Gasteiger charge is 2.47. The fraction of sp³-hybridized carbons (Fsp3) is 0.538. The summed E-state index contributed by atoms with van der Waals surface area (Å²) in [7, 11) is 0. The highest BCUT2D eigenvalue weighted by Crippen LogP contribution is 2.45. The molecule has 0 spiro atoms. The molecule has 0 radical (unpaired) electrons. The van der Waals surface area contributed by atoms with E-state index in [1.807, 2.05) is 12.2 Å². The van der Waals surface area contributed by atoms with Gasteiger partial charge in [0.25, 0.3) is 0 Å². The number of nitriles is 1. The van der Waals surface area contributed by atoms with Gasteiger partial charge in [-0.2, -0.15) is 5.26 Å². The van der Waals surface area contributed by atoms with Crippen molar-refractivity contribution in [2.75, 3.05) is 0 Å². The molecule has 0 saturated heterocycles. The zero-order chi connectivity index (χ0) is 11.8. The fourth-order valence-electron chi connectivity index (χ4n) is 2.97. The number of amidine groups is 1. The number of rotatable bonds is 2. The minimum atomic E-state index is -0.0870. The molecule has 2 bridgehead atoms. The standard InChI is InChI=1S/C13H17N3/c1-4-9-10-6-7-11(13(9,3)5-2)16-12(8-14)15-10/h4-5,9-11H,1-2,6-7H2,3H3,(H,15,16)/t9-,10-,11+,13-/m1/s1. The van der Waals surface area contributed by atoms with Crippen LogP contribution in [0.5, 0.6) is 0 Å². The highest BCUT2D eigenvalue weighted by atomic mass is 15.1. The molecular formula is C13H17N3. The third-order valence-corrected chi connectivity index (χ3v) is 4.03. The number of hydrogen-bond acceptors (Lipinski definition) is 3. The summed E-state index contributed by atoms with van der Waals surface area (Å²) in [5, 5.41) is 12.2. The van der Waals surface area contributed by atoms with Crippen LogP contribution in [0.25, 0.3) is 0 Å². The van der Waals surface area contributed by atoms with Gasteiger partial charge in [0, 0.05) is 17.4 Å². The first-order chi connectivity index (χ1) is 7.65. The smallest absolute Gasteiger partial charge is 0.201 e.